The van der Waals surface area contributed by atoms with Gasteiger partial charge >= 0.3 is 0 Å². The van der Waals surface area contributed by atoms with Crippen LogP contribution in [-0.4, -0.2) is 62.0 Å². The topological polar surface area (TPSA) is 93.0 Å². The van der Waals surface area contributed by atoms with Gasteiger partial charge in [0.05, 0.1) is 54.8 Å². The highest BCUT2D eigenvalue weighted by molar-refractivity contribution is 9.10. The third kappa shape index (κ3) is 4.80. The lowest BCUT2D eigenvalue weighted by Crippen LogP contribution is -2.20. The predicted molar refractivity (Wildman–Crippen MR) is 163 cm³/mol. The minimum Gasteiger partial charge on any atom is -0.480 e. The highest BCUT2D eigenvalue weighted by Crippen LogP contribution is 2.42. The quantitative estimate of drug-likeness (QED) is 0.280. The van der Waals surface area contributed by atoms with Crippen LogP contribution < -0.4 is 20.1 Å². The van der Waals surface area contributed by atoms with E-state index in [-0.39, 0.29) is 0 Å². The highest BCUT2D eigenvalue weighted by atomic mass is 79.9. The third-order valence-corrected chi connectivity index (χ3v) is 8.07. The summed E-state index contributed by atoms with van der Waals surface area (Å²) in [4.78, 5) is 18.6. The molecule has 0 spiro atoms. The van der Waals surface area contributed by atoms with Gasteiger partial charge in [0, 0.05) is 34.3 Å². The zero-order chi connectivity index (χ0) is 27.6. The normalized spacial score (nSPS) is 14.3. The Hall–Kier alpha value is -3.95. The lowest BCUT2D eigenvalue weighted by Gasteiger charge is -2.15. The van der Waals surface area contributed by atoms with Gasteiger partial charge in [-0.3, -0.25) is 9.98 Å². The Balaban J connectivity index is 1.39. The Morgan fingerprint density at radius 1 is 0.650 bits per heavy atom. The summed E-state index contributed by atoms with van der Waals surface area (Å²) >= 11 is 10.9. The number of rotatable bonds is 7. The number of nitrogens with zero attached hydrogens (tertiary/aromatic N) is 4. The molecule has 0 amide bonds. The summed E-state index contributed by atoms with van der Waals surface area (Å²) in [6.07, 6.45) is 0. The van der Waals surface area contributed by atoms with Gasteiger partial charge in [0.15, 0.2) is 0 Å². The molecule has 2 aliphatic heterocycles. The molecule has 0 fully saturated rings. The highest BCUT2D eigenvalue weighted by Gasteiger charge is 2.21. The maximum atomic E-state index is 7.06. The zero-order valence-electron chi connectivity index (χ0n) is 22.0. The van der Waals surface area contributed by atoms with Crippen LogP contribution in [0.1, 0.15) is 11.1 Å². The molecule has 0 atom stereocenters. The van der Waals surface area contributed by atoms with E-state index in [0.717, 1.165) is 81.4 Å². The van der Waals surface area contributed by atoms with Crippen LogP contribution in [0.3, 0.4) is 0 Å². The van der Waals surface area contributed by atoms with Gasteiger partial charge < -0.3 is 20.1 Å². The van der Waals surface area contributed by atoms with Crippen LogP contribution in [0.4, 0.5) is 0 Å². The van der Waals surface area contributed by atoms with Gasteiger partial charge in [-0.15, -0.1) is 0 Å². The number of pyridine rings is 2. The third-order valence-electron chi connectivity index (χ3n) is 6.81. The van der Waals surface area contributed by atoms with Crippen molar-refractivity contribution >= 4 is 39.2 Å². The first kappa shape index (κ1) is 26.3. The van der Waals surface area contributed by atoms with Crippen molar-refractivity contribution in [2.24, 2.45) is 9.98 Å². The van der Waals surface area contributed by atoms with E-state index in [1.807, 2.05) is 60.7 Å². The summed E-state index contributed by atoms with van der Waals surface area (Å²) in [5.74, 6) is 2.61. The van der Waals surface area contributed by atoms with Gasteiger partial charge in [0.2, 0.25) is 11.8 Å². The molecule has 4 heterocycles. The fourth-order valence-electron chi connectivity index (χ4n) is 4.88. The van der Waals surface area contributed by atoms with Crippen LogP contribution in [0, 0.1) is 0 Å². The molecular weight excluding hydrogens is 592 g/mol. The molecule has 202 valence electrons. The summed E-state index contributed by atoms with van der Waals surface area (Å²) in [5, 5.41) is 7.15. The maximum Gasteiger partial charge on any atom is 0.224 e. The van der Waals surface area contributed by atoms with E-state index in [1.165, 1.54) is 0 Å². The molecule has 2 aromatic heterocycles. The van der Waals surface area contributed by atoms with E-state index in [4.69, 9.17) is 31.0 Å². The molecule has 8 nitrogen and oxygen atoms in total. The standard InChI is InChI=1S/C30H26BrClN6O2/c1-39-29-21(27-33-13-14-34-27)9-11-23(37-29)19-7-3-5-17(25(19)31)18-6-4-8-20(26(18)32)24-12-10-22(30(38-24)40-2)28-35-15-16-36-28/h3-12H,13-16H2,1-2H3,(H,33,34)(H,35,36). The molecule has 2 aromatic carbocycles. The first-order chi connectivity index (χ1) is 19.6. The molecule has 2 aliphatic rings. The molecule has 4 aromatic rings. The number of halogens is 2. The van der Waals surface area contributed by atoms with E-state index < -0.39 is 0 Å². The van der Waals surface area contributed by atoms with Crippen molar-refractivity contribution in [2.75, 3.05) is 40.4 Å². The lowest BCUT2D eigenvalue weighted by atomic mass is 9.98. The molecule has 0 saturated heterocycles. The monoisotopic (exact) mass is 616 g/mol. The van der Waals surface area contributed by atoms with E-state index in [2.05, 4.69) is 36.5 Å². The summed E-state index contributed by atoms with van der Waals surface area (Å²) in [6, 6.07) is 19.8. The minimum absolute atomic E-state index is 0.498. The average Bonchev–Trinajstić information content (AvgIpc) is 3.72. The first-order valence-corrected chi connectivity index (χ1v) is 14.0. The Bertz CT molecular complexity index is 1550. The number of benzene rings is 2. The van der Waals surface area contributed by atoms with Crippen molar-refractivity contribution in [1.29, 1.82) is 0 Å². The molecular formula is C30H26BrClN6O2. The fraction of sp³-hybridized carbons (Fsp3) is 0.200. The van der Waals surface area contributed by atoms with Crippen LogP contribution in [0.2, 0.25) is 5.02 Å². The number of amidine groups is 2. The van der Waals surface area contributed by atoms with Crippen molar-refractivity contribution < 1.29 is 9.47 Å². The van der Waals surface area contributed by atoms with Crippen LogP contribution in [-0.2, 0) is 0 Å². The summed E-state index contributed by atoms with van der Waals surface area (Å²) < 4.78 is 12.1. The molecule has 40 heavy (non-hydrogen) atoms. The van der Waals surface area contributed by atoms with Crippen LogP contribution in [0.15, 0.2) is 75.1 Å². The minimum atomic E-state index is 0.498. The first-order valence-electron chi connectivity index (χ1n) is 12.8. The molecule has 0 saturated carbocycles. The molecule has 0 unspecified atom stereocenters. The second-order valence-corrected chi connectivity index (χ2v) is 10.3. The maximum absolute atomic E-state index is 7.06. The average molecular weight is 618 g/mol. The van der Waals surface area contributed by atoms with E-state index in [1.54, 1.807) is 14.2 Å². The van der Waals surface area contributed by atoms with Gasteiger partial charge in [-0.2, -0.15) is 0 Å². The fourth-order valence-corrected chi connectivity index (χ4v) is 5.89. The van der Waals surface area contributed by atoms with Gasteiger partial charge in [0.1, 0.15) is 11.7 Å². The van der Waals surface area contributed by atoms with Gasteiger partial charge in [-0.1, -0.05) is 48.0 Å². The van der Waals surface area contributed by atoms with Gasteiger partial charge in [0.25, 0.3) is 0 Å². The molecule has 2 N–H and O–H groups in total. The smallest absolute Gasteiger partial charge is 0.224 e. The van der Waals surface area contributed by atoms with E-state index >= 15 is 0 Å². The van der Waals surface area contributed by atoms with E-state index in [9.17, 15) is 0 Å². The Morgan fingerprint density at radius 3 is 1.68 bits per heavy atom. The number of nitrogens with one attached hydrogen (secondary N) is 2. The molecule has 10 heteroatoms. The summed E-state index contributed by atoms with van der Waals surface area (Å²) in [7, 11) is 3.23. The SMILES string of the molecule is COc1nc(-c2cccc(-c3cccc(-c4ccc(C5=NCCN5)c(OC)n4)c3Br)c2Cl)ccc1C1=NCCN1. The summed E-state index contributed by atoms with van der Waals surface area (Å²) in [5.41, 5.74) is 6.68. The largest absolute Gasteiger partial charge is 0.480 e. The van der Waals surface area contributed by atoms with Gasteiger partial charge in [-0.25, -0.2) is 9.97 Å². The van der Waals surface area contributed by atoms with Crippen molar-refractivity contribution in [3.63, 3.8) is 0 Å². The predicted octanol–water partition coefficient (Wildman–Crippen LogP) is 5.61. The number of hydrogen-bond acceptors (Lipinski definition) is 8. The van der Waals surface area contributed by atoms with Gasteiger partial charge in [-0.05, 0) is 45.8 Å². The van der Waals surface area contributed by atoms with Crippen LogP contribution >= 0.6 is 27.5 Å². The Kier molecular flexibility index (Phi) is 7.40. The molecule has 0 aliphatic carbocycles. The number of hydrogen-bond donors (Lipinski definition) is 2. The number of aliphatic imine (C=N–C) groups is 2. The number of methoxy groups -OCH3 is 2. The zero-order valence-corrected chi connectivity index (χ0v) is 24.3. The van der Waals surface area contributed by atoms with Crippen molar-refractivity contribution in [3.8, 4) is 45.4 Å². The molecule has 0 radical (unpaired) electrons. The second-order valence-electron chi connectivity index (χ2n) is 9.16. The second kappa shape index (κ2) is 11.3. The van der Waals surface area contributed by atoms with Crippen molar-refractivity contribution in [1.82, 2.24) is 20.6 Å². The van der Waals surface area contributed by atoms with Crippen LogP contribution in [0.5, 0.6) is 11.8 Å². The van der Waals surface area contributed by atoms with E-state index in [0.29, 0.717) is 22.5 Å². The molecule has 0 bridgehead atoms. The van der Waals surface area contributed by atoms with Crippen molar-refractivity contribution in [3.05, 3.63) is 81.3 Å². The Morgan fingerprint density at radius 2 is 1.15 bits per heavy atom. The number of aromatic nitrogens is 2. The van der Waals surface area contributed by atoms with Crippen molar-refractivity contribution in [2.45, 2.75) is 0 Å². The number of ether oxygens (including phenoxy) is 2. The lowest BCUT2D eigenvalue weighted by molar-refractivity contribution is 0.397. The van der Waals surface area contributed by atoms with Crippen LogP contribution in [0.25, 0.3) is 33.6 Å². The Labute approximate surface area is 245 Å². The molecule has 6 rings (SSSR count). The summed E-state index contributed by atoms with van der Waals surface area (Å²) in [6.45, 7) is 3.10.